The number of H-pyrrole nitrogens is 2. The van der Waals surface area contributed by atoms with E-state index >= 15 is 0 Å². The monoisotopic (exact) mass is 553 g/mol. The van der Waals surface area contributed by atoms with Crippen molar-refractivity contribution < 1.29 is 24.2 Å². The number of imidazole rings is 1. The number of hydrogen-bond donors (Lipinski definition) is 5. The fourth-order valence-electron chi connectivity index (χ4n) is 4.76. The number of hydrogen-bond acceptors (Lipinski definition) is 5. The van der Waals surface area contributed by atoms with E-state index in [1.807, 2.05) is 24.3 Å². The predicted octanol–water partition coefficient (Wildman–Crippen LogP) is 5.26. The second kappa shape index (κ2) is 17.0. The standard InChI is InChI=1S/C30H43N5O5/c1-2-3-4-5-6-7-8-9-10-13-16-40-30(39)35-26(17-22-19-32-25-15-12-11-14-24(22)25)28(36)34-27(29(37)38)18-23-20-31-21-33-23/h11-12,14-15,19-21,26-27,32H,2-10,13,16-18H2,1H3,(H,31,33)(H,34,36)(H,35,39)(H,37,38)/t26-,27-/m0/s1. The van der Waals surface area contributed by atoms with Crippen LogP contribution < -0.4 is 10.6 Å². The number of ether oxygens (including phenoxy) is 1. The Balaban J connectivity index is 1.51. The number of para-hydroxylation sites is 1. The molecule has 1 aromatic carbocycles. The average molecular weight is 554 g/mol. The van der Waals surface area contributed by atoms with E-state index in [2.05, 4.69) is 32.5 Å². The first-order valence-electron chi connectivity index (χ1n) is 14.5. The van der Waals surface area contributed by atoms with Crippen LogP contribution in [0.25, 0.3) is 10.9 Å². The fourth-order valence-corrected chi connectivity index (χ4v) is 4.76. The summed E-state index contributed by atoms with van der Waals surface area (Å²) in [4.78, 5) is 47.7. The quantitative estimate of drug-likeness (QED) is 0.128. The van der Waals surface area contributed by atoms with E-state index in [-0.39, 0.29) is 19.4 Å². The number of carbonyl (C=O) groups excluding carboxylic acids is 2. The molecule has 0 aliphatic carbocycles. The Morgan fingerprint density at radius 2 is 1.60 bits per heavy atom. The van der Waals surface area contributed by atoms with Gasteiger partial charge in [0.05, 0.1) is 12.9 Å². The van der Waals surface area contributed by atoms with Crippen LogP contribution in [0, 0.1) is 0 Å². The largest absolute Gasteiger partial charge is 0.480 e. The third kappa shape index (κ3) is 10.4. The first kappa shape index (κ1) is 30.7. The lowest BCUT2D eigenvalue weighted by molar-refractivity contribution is -0.142. The van der Waals surface area contributed by atoms with E-state index in [9.17, 15) is 19.5 Å². The van der Waals surface area contributed by atoms with Gasteiger partial charge >= 0.3 is 12.1 Å². The number of carboxylic acids is 1. The van der Waals surface area contributed by atoms with Gasteiger partial charge in [0.1, 0.15) is 12.1 Å². The van der Waals surface area contributed by atoms with Crippen molar-refractivity contribution in [2.24, 2.45) is 0 Å². The second-order valence-electron chi connectivity index (χ2n) is 10.3. The number of aromatic nitrogens is 3. The van der Waals surface area contributed by atoms with Crippen LogP contribution in [0.4, 0.5) is 4.79 Å². The molecule has 10 nitrogen and oxygen atoms in total. The molecule has 0 radical (unpaired) electrons. The lowest BCUT2D eigenvalue weighted by Crippen LogP contribution is -2.53. The number of alkyl carbamates (subject to hydrolysis) is 1. The molecule has 0 fully saturated rings. The van der Waals surface area contributed by atoms with Crippen molar-refractivity contribution in [1.82, 2.24) is 25.6 Å². The summed E-state index contributed by atoms with van der Waals surface area (Å²) < 4.78 is 5.37. The number of unbranched alkanes of at least 4 members (excludes halogenated alkanes) is 9. The summed E-state index contributed by atoms with van der Waals surface area (Å²) in [5.74, 6) is -1.79. The Morgan fingerprint density at radius 1 is 0.900 bits per heavy atom. The molecular weight excluding hydrogens is 510 g/mol. The van der Waals surface area contributed by atoms with Crippen LogP contribution in [0.2, 0.25) is 0 Å². The summed E-state index contributed by atoms with van der Waals surface area (Å²) in [7, 11) is 0. The molecule has 0 saturated carbocycles. The van der Waals surface area contributed by atoms with Crippen molar-refractivity contribution >= 4 is 28.9 Å². The maximum absolute atomic E-state index is 13.3. The minimum atomic E-state index is -1.19. The first-order valence-corrected chi connectivity index (χ1v) is 14.5. The zero-order chi connectivity index (χ0) is 28.6. The normalized spacial score (nSPS) is 12.6. The molecule has 0 saturated heterocycles. The van der Waals surface area contributed by atoms with Gasteiger partial charge in [0, 0.05) is 41.8 Å². The van der Waals surface area contributed by atoms with Crippen molar-refractivity contribution in [2.45, 2.75) is 96.1 Å². The Labute approximate surface area is 235 Å². The number of benzene rings is 1. The van der Waals surface area contributed by atoms with Crippen LogP contribution in [0.1, 0.15) is 82.4 Å². The SMILES string of the molecule is CCCCCCCCCCCCOC(=O)N[C@@H](Cc1c[nH]c2ccccc12)C(=O)N[C@@H](Cc1cnc[nH]1)C(=O)O. The molecule has 0 spiro atoms. The van der Waals surface area contributed by atoms with E-state index < -0.39 is 30.1 Å². The number of aromatic amines is 2. The van der Waals surface area contributed by atoms with Gasteiger partial charge in [-0.25, -0.2) is 14.6 Å². The van der Waals surface area contributed by atoms with Crippen molar-refractivity contribution in [3.05, 3.63) is 54.2 Å². The average Bonchev–Trinajstić information content (AvgIpc) is 3.61. The van der Waals surface area contributed by atoms with Crippen molar-refractivity contribution in [3.8, 4) is 0 Å². The van der Waals surface area contributed by atoms with Gasteiger partial charge in [0.25, 0.3) is 0 Å². The number of aliphatic carboxylic acids is 1. The maximum atomic E-state index is 13.3. The molecule has 0 unspecified atom stereocenters. The van der Waals surface area contributed by atoms with E-state index in [0.717, 1.165) is 35.7 Å². The minimum Gasteiger partial charge on any atom is -0.480 e. The van der Waals surface area contributed by atoms with Gasteiger partial charge in [-0.2, -0.15) is 0 Å². The molecule has 2 aromatic heterocycles. The molecule has 3 rings (SSSR count). The molecule has 218 valence electrons. The van der Waals surface area contributed by atoms with Crippen LogP contribution in [-0.2, 0) is 27.2 Å². The summed E-state index contributed by atoms with van der Waals surface area (Å²) in [5.41, 5.74) is 2.30. The number of carboxylic acid groups (broad SMARTS) is 1. The Hall–Kier alpha value is -3.82. The lowest BCUT2D eigenvalue weighted by atomic mass is 10.0. The zero-order valence-electron chi connectivity index (χ0n) is 23.4. The van der Waals surface area contributed by atoms with E-state index in [0.29, 0.717) is 5.69 Å². The van der Waals surface area contributed by atoms with Gasteiger partial charge in [-0.3, -0.25) is 4.79 Å². The third-order valence-corrected chi connectivity index (χ3v) is 7.03. The molecule has 3 aromatic rings. The number of nitrogens with one attached hydrogen (secondary N) is 4. The van der Waals surface area contributed by atoms with Crippen LogP contribution in [0.3, 0.4) is 0 Å². The van der Waals surface area contributed by atoms with Crippen LogP contribution in [-0.4, -0.2) is 56.7 Å². The van der Waals surface area contributed by atoms with Gasteiger partial charge in [0.15, 0.2) is 0 Å². The molecule has 5 N–H and O–H groups in total. The highest BCUT2D eigenvalue weighted by atomic mass is 16.5. The third-order valence-electron chi connectivity index (χ3n) is 7.03. The Morgan fingerprint density at radius 3 is 2.27 bits per heavy atom. The number of rotatable bonds is 19. The summed E-state index contributed by atoms with van der Waals surface area (Å²) in [6.45, 7) is 2.49. The molecule has 10 heteroatoms. The smallest absolute Gasteiger partial charge is 0.407 e. The van der Waals surface area contributed by atoms with Gasteiger partial charge in [-0.1, -0.05) is 82.9 Å². The summed E-state index contributed by atoms with van der Waals surface area (Å²) >= 11 is 0. The molecule has 2 amide bonds. The molecular formula is C30H43N5O5. The summed E-state index contributed by atoms with van der Waals surface area (Å²) in [6, 6.07) is 5.44. The van der Waals surface area contributed by atoms with E-state index in [1.54, 1.807) is 6.20 Å². The molecule has 0 aliphatic rings. The van der Waals surface area contributed by atoms with Crippen molar-refractivity contribution in [2.75, 3.05) is 6.61 Å². The topological polar surface area (TPSA) is 149 Å². The van der Waals surface area contributed by atoms with Gasteiger partial charge in [-0.05, 0) is 18.1 Å². The Bertz CT molecular complexity index is 1180. The molecule has 2 atom stereocenters. The minimum absolute atomic E-state index is 0.0318. The number of carbonyl (C=O) groups is 3. The maximum Gasteiger partial charge on any atom is 0.407 e. The zero-order valence-corrected chi connectivity index (χ0v) is 23.4. The highest BCUT2D eigenvalue weighted by molar-refractivity contribution is 5.91. The van der Waals surface area contributed by atoms with Crippen molar-refractivity contribution in [3.63, 3.8) is 0 Å². The first-order chi connectivity index (χ1) is 19.5. The van der Waals surface area contributed by atoms with Gasteiger partial charge in [-0.15, -0.1) is 0 Å². The number of fused-ring (bicyclic) bond motifs is 1. The highest BCUT2D eigenvalue weighted by Crippen LogP contribution is 2.19. The molecule has 2 heterocycles. The second-order valence-corrected chi connectivity index (χ2v) is 10.3. The predicted molar refractivity (Wildman–Crippen MR) is 154 cm³/mol. The van der Waals surface area contributed by atoms with Gasteiger partial charge in [0.2, 0.25) is 5.91 Å². The number of nitrogens with zero attached hydrogens (tertiary/aromatic N) is 1. The number of amides is 2. The van der Waals surface area contributed by atoms with Crippen LogP contribution in [0.5, 0.6) is 0 Å². The molecule has 0 aliphatic heterocycles. The van der Waals surface area contributed by atoms with E-state index in [4.69, 9.17) is 4.74 Å². The lowest BCUT2D eigenvalue weighted by Gasteiger charge is -2.21. The van der Waals surface area contributed by atoms with E-state index in [1.165, 1.54) is 57.5 Å². The highest BCUT2D eigenvalue weighted by Gasteiger charge is 2.28. The van der Waals surface area contributed by atoms with Gasteiger partial charge < -0.3 is 30.4 Å². The summed E-state index contributed by atoms with van der Waals surface area (Å²) in [6.07, 6.45) is 16.0. The van der Waals surface area contributed by atoms with Crippen LogP contribution in [0.15, 0.2) is 43.0 Å². The fraction of sp³-hybridized carbons (Fsp3) is 0.533. The van der Waals surface area contributed by atoms with Crippen molar-refractivity contribution in [1.29, 1.82) is 0 Å². The summed E-state index contributed by atoms with van der Waals surface area (Å²) in [5, 5.41) is 15.8. The Kier molecular flexibility index (Phi) is 13.0. The van der Waals surface area contributed by atoms with Crippen LogP contribution >= 0.6 is 0 Å². The molecule has 0 bridgehead atoms. The molecule has 40 heavy (non-hydrogen) atoms.